The monoisotopic (exact) mass is 217 g/mol. The molecule has 0 unspecified atom stereocenters. The molecule has 0 saturated heterocycles. The first-order valence-electron chi connectivity index (χ1n) is 5.91. The van der Waals surface area contributed by atoms with E-state index in [1.807, 2.05) is 13.8 Å². The predicted molar refractivity (Wildman–Crippen MR) is 66.8 cm³/mol. The summed E-state index contributed by atoms with van der Waals surface area (Å²) in [5.74, 6) is 0. The Balaban J connectivity index is 2.22. The van der Waals surface area contributed by atoms with Crippen molar-refractivity contribution in [3.63, 3.8) is 0 Å². The lowest BCUT2D eigenvalue weighted by molar-refractivity contribution is -0.114. The molecule has 86 valence electrons. The molecule has 0 amide bonds. The molecule has 1 aliphatic rings. The molecule has 16 heavy (non-hydrogen) atoms. The number of aryl methyl sites for hydroxylation is 1. The summed E-state index contributed by atoms with van der Waals surface area (Å²) >= 11 is 0. The number of carbonyl (C=O) groups is 1. The standard InChI is InChI=1S/C14H19NO/c1-14(2,11-16)10-15-9-5-7-12-6-3-4-8-13(12)15/h3-4,6,8,11H,5,7,9-10H2,1-2H3. The molecular weight excluding hydrogens is 198 g/mol. The Morgan fingerprint density at radius 3 is 2.88 bits per heavy atom. The molecule has 0 saturated carbocycles. The zero-order valence-corrected chi connectivity index (χ0v) is 10.1. The molecule has 0 aliphatic carbocycles. The van der Waals surface area contributed by atoms with E-state index in [1.54, 1.807) is 0 Å². The predicted octanol–water partition coefficient (Wildman–Crippen LogP) is 2.66. The van der Waals surface area contributed by atoms with Crippen molar-refractivity contribution in [1.82, 2.24) is 0 Å². The zero-order chi connectivity index (χ0) is 11.6. The van der Waals surface area contributed by atoms with Crippen LogP contribution in [0.15, 0.2) is 24.3 Å². The molecule has 0 N–H and O–H groups in total. The summed E-state index contributed by atoms with van der Waals surface area (Å²) in [5.41, 5.74) is 2.46. The number of hydrogen-bond donors (Lipinski definition) is 0. The normalized spacial score (nSPS) is 15.8. The molecule has 1 heterocycles. The fraction of sp³-hybridized carbons (Fsp3) is 0.500. The number of fused-ring (bicyclic) bond motifs is 1. The van der Waals surface area contributed by atoms with Crippen molar-refractivity contribution in [2.75, 3.05) is 18.0 Å². The van der Waals surface area contributed by atoms with Gasteiger partial charge in [0.2, 0.25) is 0 Å². The van der Waals surface area contributed by atoms with E-state index < -0.39 is 0 Å². The number of hydrogen-bond acceptors (Lipinski definition) is 2. The van der Waals surface area contributed by atoms with Gasteiger partial charge in [0.25, 0.3) is 0 Å². The van der Waals surface area contributed by atoms with Crippen LogP contribution in [0.25, 0.3) is 0 Å². The molecule has 0 atom stereocenters. The van der Waals surface area contributed by atoms with Crippen molar-refractivity contribution in [1.29, 1.82) is 0 Å². The van der Waals surface area contributed by atoms with Crippen LogP contribution in [0.4, 0.5) is 5.69 Å². The van der Waals surface area contributed by atoms with E-state index in [2.05, 4.69) is 29.2 Å². The topological polar surface area (TPSA) is 20.3 Å². The van der Waals surface area contributed by atoms with Crippen molar-refractivity contribution in [3.05, 3.63) is 29.8 Å². The molecule has 1 aromatic carbocycles. The maximum atomic E-state index is 11.0. The second-order valence-electron chi connectivity index (χ2n) is 5.26. The Morgan fingerprint density at radius 2 is 2.12 bits per heavy atom. The minimum atomic E-state index is -0.259. The van der Waals surface area contributed by atoms with Gasteiger partial charge in [-0.1, -0.05) is 32.0 Å². The third kappa shape index (κ3) is 2.26. The van der Waals surface area contributed by atoms with Crippen LogP contribution >= 0.6 is 0 Å². The quantitative estimate of drug-likeness (QED) is 0.725. The molecule has 1 aliphatic heterocycles. The van der Waals surface area contributed by atoms with Gasteiger partial charge in [-0.05, 0) is 24.5 Å². The number of benzene rings is 1. The van der Waals surface area contributed by atoms with Gasteiger partial charge in [0.05, 0.1) is 0 Å². The van der Waals surface area contributed by atoms with Crippen LogP contribution in [-0.4, -0.2) is 19.4 Å². The number of nitrogens with zero attached hydrogens (tertiary/aromatic N) is 1. The smallest absolute Gasteiger partial charge is 0.127 e. The Hall–Kier alpha value is -1.31. The van der Waals surface area contributed by atoms with Gasteiger partial charge in [0.15, 0.2) is 0 Å². The molecule has 0 fully saturated rings. The SMILES string of the molecule is CC(C)(C=O)CN1CCCc2ccccc21. The highest BCUT2D eigenvalue weighted by Crippen LogP contribution is 2.29. The van der Waals surface area contributed by atoms with E-state index >= 15 is 0 Å². The summed E-state index contributed by atoms with van der Waals surface area (Å²) in [6, 6.07) is 8.52. The fourth-order valence-corrected chi connectivity index (χ4v) is 2.30. The minimum absolute atomic E-state index is 0.259. The number of rotatable bonds is 3. The van der Waals surface area contributed by atoms with Crippen LogP contribution < -0.4 is 4.90 Å². The lowest BCUT2D eigenvalue weighted by Gasteiger charge is -2.35. The largest absolute Gasteiger partial charge is 0.370 e. The van der Waals surface area contributed by atoms with Gasteiger partial charge in [-0.25, -0.2) is 0 Å². The lowest BCUT2D eigenvalue weighted by Crippen LogP contribution is -2.38. The third-order valence-corrected chi connectivity index (χ3v) is 3.12. The third-order valence-electron chi connectivity index (χ3n) is 3.12. The van der Waals surface area contributed by atoms with E-state index in [9.17, 15) is 4.79 Å². The molecule has 0 aromatic heterocycles. The van der Waals surface area contributed by atoms with Gasteiger partial charge in [-0.3, -0.25) is 0 Å². The van der Waals surface area contributed by atoms with Gasteiger partial charge < -0.3 is 9.69 Å². The average molecular weight is 217 g/mol. The summed E-state index contributed by atoms with van der Waals surface area (Å²) < 4.78 is 0. The highest BCUT2D eigenvalue weighted by Gasteiger charge is 2.24. The molecule has 2 heteroatoms. The van der Waals surface area contributed by atoms with Gasteiger partial charge in [-0.15, -0.1) is 0 Å². The van der Waals surface area contributed by atoms with Crippen molar-refractivity contribution in [3.8, 4) is 0 Å². The van der Waals surface area contributed by atoms with Crippen molar-refractivity contribution < 1.29 is 4.79 Å². The Labute approximate surface area is 97.3 Å². The van der Waals surface area contributed by atoms with Crippen molar-refractivity contribution in [2.24, 2.45) is 5.41 Å². The summed E-state index contributed by atoms with van der Waals surface area (Å²) in [7, 11) is 0. The van der Waals surface area contributed by atoms with Crippen LogP contribution in [0.5, 0.6) is 0 Å². The van der Waals surface area contributed by atoms with Crippen LogP contribution in [0, 0.1) is 5.41 Å². The highest BCUT2D eigenvalue weighted by molar-refractivity contribution is 5.62. The van der Waals surface area contributed by atoms with Crippen LogP contribution in [-0.2, 0) is 11.2 Å². The fourth-order valence-electron chi connectivity index (χ4n) is 2.30. The second-order valence-corrected chi connectivity index (χ2v) is 5.26. The number of aldehydes is 1. The van der Waals surface area contributed by atoms with E-state index in [1.165, 1.54) is 17.7 Å². The van der Waals surface area contributed by atoms with Gasteiger partial charge in [0.1, 0.15) is 6.29 Å². The second kappa shape index (κ2) is 4.28. The maximum Gasteiger partial charge on any atom is 0.127 e. The first-order chi connectivity index (χ1) is 7.62. The summed E-state index contributed by atoms with van der Waals surface area (Å²) in [4.78, 5) is 13.3. The van der Waals surface area contributed by atoms with Crippen LogP contribution in [0.2, 0.25) is 0 Å². The van der Waals surface area contributed by atoms with Gasteiger partial charge in [-0.2, -0.15) is 0 Å². The first kappa shape index (κ1) is 11.2. The molecule has 1 aromatic rings. The van der Waals surface area contributed by atoms with Crippen molar-refractivity contribution >= 4 is 12.0 Å². The van der Waals surface area contributed by atoms with E-state index in [0.717, 1.165) is 25.8 Å². The summed E-state index contributed by atoms with van der Waals surface area (Å²) in [6.45, 7) is 5.87. The first-order valence-corrected chi connectivity index (χ1v) is 5.91. The van der Waals surface area contributed by atoms with Crippen LogP contribution in [0.3, 0.4) is 0 Å². The van der Waals surface area contributed by atoms with Gasteiger partial charge in [0, 0.05) is 24.2 Å². The molecule has 0 radical (unpaired) electrons. The maximum absolute atomic E-state index is 11.0. The Morgan fingerprint density at radius 1 is 1.38 bits per heavy atom. The zero-order valence-electron chi connectivity index (χ0n) is 10.1. The Bertz CT molecular complexity index is 384. The van der Waals surface area contributed by atoms with E-state index in [4.69, 9.17) is 0 Å². The van der Waals surface area contributed by atoms with Gasteiger partial charge >= 0.3 is 0 Å². The molecular formula is C14H19NO. The van der Waals surface area contributed by atoms with E-state index in [-0.39, 0.29) is 5.41 Å². The number of para-hydroxylation sites is 1. The Kier molecular flexibility index (Phi) is 2.99. The highest BCUT2D eigenvalue weighted by atomic mass is 16.1. The minimum Gasteiger partial charge on any atom is -0.370 e. The van der Waals surface area contributed by atoms with Crippen LogP contribution in [0.1, 0.15) is 25.8 Å². The van der Waals surface area contributed by atoms with E-state index in [0.29, 0.717) is 0 Å². The summed E-state index contributed by atoms with van der Waals surface area (Å²) in [5, 5.41) is 0. The lowest BCUT2D eigenvalue weighted by atomic mass is 9.92. The average Bonchev–Trinajstić information content (AvgIpc) is 2.29. The van der Waals surface area contributed by atoms with Crippen molar-refractivity contribution in [2.45, 2.75) is 26.7 Å². The number of carbonyl (C=O) groups excluding carboxylic acids is 1. The molecule has 2 rings (SSSR count). The summed E-state index contributed by atoms with van der Waals surface area (Å²) in [6.07, 6.45) is 3.41. The molecule has 0 bridgehead atoms. The molecule has 0 spiro atoms. The number of anilines is 1. The molecule has 2 nitrogen and oxygen atoms in total.